The molecule has 0 aliphatic heterocycles. The quantitative estimate of drug-likeness (QED) is 0.164. The second-order valence-electron chi connectivity index (χ2n) is 13.1. The number of benzene rings is 8. The molecule has 0 saturated carbocycles. The van der Waals surface area contributed by atoms with E-state index in [1.54, 1.807) is 0 Å². The minimum Gasteiger partial charge on any atom is -0.292 e. The van der Waals surface area contributed by atoms with Gasteiger partial charge in [0.05, 0.1) is 11.0 Å². The summed E-state index contributed by atoms with van der Waals surface area (Å²) < 4.78 is 2.30. The molecule has 0 bridgehead atoms. The number of fused-ring (bicyclic) bond motifs is 5. The van der Waals surface area contributed by atoms with Crippen LogP contribution in [0, 0.1) is 0 Å². The molecule has 0 fully saturated rings. The third kappa shape index (κ3) is 5.52. The number of hydrogen-bond donors (Lipinski definition) is 0. The Balaban J connectivity index is 1.17. The van der Waals surface area contributed by atoms with Gasteiger partial charge in [-0.3, -0.25) is 4.57 Å². The van der Waals surface area contributed by atoms with Gasteiger partial charge in [-0.1, -0.05) is 164 Å². The molecule has 2 heterocycles. The largest absolute Gasteiger partial charge is 0.292 e. The van der Waals surface area contributed by atoms with Crippen LogP contribution in [0.4, 0.5) is 0 Å². The summed E-state index contributed by atoms with van der Waals surface area (Å²) in [5.41, 5.74) is 9.29. The number of rotatable bonds is 6. The van der Waals surface area contributed by atoms with Gasteiger partial charge in [0.15, 0.2) is 17.5 Å². The van der Waals surface area contributed by atoms with E-state index in [1.165, 1.54) is 5.56 Å². The van der Waals surface area contributed by atoms with E-state index in [0.29, 0.717) is 17.5 Å². The fourth-order valence-corrected chi connectivity index (χ4v) is 7.26. The molecule has 0 radical (unpaired) electrons. The predicted molar refractivity (Wildman–Crippen MR) is 217 cm³/mol. The molecule has 2 aromatic heterocycles. The van der Waals surface area contributed by atoms with Gasteiger partial charge in [-0.05, 0) is 51.6 Å². The Bertz CT molecular complexity index is 2860. The maximum atomic E-state index is 5.44. The molecule has 0 saturated heterocycles. The maximum Gasteiger partial charge on any atom is 0.164 e. The van der Waals surface area contributed by atoms with E-state index in [4.69, 9.17) is 19.9 Å². The highest BCUT2D eigenvalue weighted by Gasteiger charge is 2.19. The average molecular weight is 678 g/mol. The van der Waals surface area contributed by atoms with E-state index in [-0.39, 0.29) is 0 Å². The molecule has 0 N–H and O–H groups in total. The summed E-state index contributed by atoms with van der Waals surface area (Å²) >= 11 is 0. The highest BCUT2D eigenvalue weighted by atomic mass is 15.1. The fraction of sp³-hybridized carbons (Fsp3) is 0. The molecule has 248 valence electrons. The summed E-state index contributed by atoms with van der Waals surface area (Å²) in [5, 5.41) is 4.47. The van der Waals surface area contributed by atoms with E-state index in [0.717, 1.165) is 71.9 Å². The third-order valence-electron chi connectivity index (χ3n) is 9.82. The van der Waals surface area contributed by atoms with Crippen molar-refractivity contribution in [2.24, 2.45) is 0 Å². The van der Waals surface area contributed by atoms with Gasteiger partial charge in [0, 0.05) is 33.3 Å². The van der Waals surface area contributed by atoms with Crippen LogP contribution < -0.4 is 0 Å². The number of imidazole rings is 1. The minimum atomic E-state index is 0.631. The molecular formula is C48H31N5. The lowest BCUT2D eigenvalue weighted by Crippen LogP contribution is -2.00. The van der Waals surface area contributed by atoms with Crippen LogP contribution in [0.1, 0.15) is 0 Å². The van der Waals surface area contributed by atoms with Crippen LogP contribution in [0.25, 0.3) is 94.9 Å². The standard InChI is InChI=1S/C48H31N5/c1-5-14-32(15-6-1)37-22-13-23-40(31-37)53-42-29-27-33-24-25-38-30-39(26-28-41(38)43(33)44(42)49-48(53)36-20-11-4-12-21-36)47-51-45(34-16-7-2-8-17-34)50-46(52-47)35-18-9-3-10-19-35/h1-31H. The van der Waals surface area contributed by atoms with Crippen LogP contribution in [-0.2, 0) is 0 Å². The van der Waals surface area contributed by atoms with Gasteiger partial charge < -0.3 is 0 Å². The lowest BCUT2D eigenvalue weighted by atomic mass is 9.98. The lowest BCUT2D eigenvalue weighted by Gasteiger charge is -2.12. The monoisotopic (exact) mass is 677 g/mol. The smallest absolute Gasteiger partial charge is 0.164 e. The molecular weight excluding hydrogens is 647 g/mol. The topological polar surface area (TPSA) is 56.5 Å². The number of hydrogen-bond acceptors (Lipinski definition) is 4. The van der Waals surface area contributed by atoms with Crippen molar-refractivity contribution >= 4 is 32.6 Å². The van der Waals surface area contributed by atoms with Crippen LogP contribution in [0.5, 0.6) is 0 Å². The summed E-state index contributed by atoms with van der Waals surface area (Å²) in [6, 6.07) is 65.1. The second kappa shape index (κ2) is 12.8. The molecule has 10 aromatic rings. The van der Waals surface area contributed by atoms with Gasteiger partial charge in [0.2, 0.25) is 0 Å². The van der Waals surface area contributed by atoms with Crippen LogP contribution in [-0.4, -0.2) is 24.5 Å². The molecule has 10 rings (SSSR count). The zero-order chi connectivity index (χ0) is 35.1. The predicted octanol–water partition coefficient (Wildman–Crippen LogP) is 11.9. The Hall–Kier alpha value is -7.24. The Kier molecular flexibility index (Phi) is 7.40. The van der Waals surface area contributed by atoms with Crippen molar-refractivity contribution < 1.29 is 0 Å². The highest BCUT2D eigenvalue weighted by molar-refractivity contribution is 6.19. The van der Waals surface area contributed by atoms with Crippen molar-refractivity contribution in [3.05, 3.63) is 188 Å². The summed E-state index contributed by atoms with van der Waals surface area (Å²) in [4.78, 5) is 20.3. The number of nitrogens with zero attached hydrogens (tertiary/aromatic N) is 5. The van der Waals surface area contributed by atoms with E-state index in [9.17, 15) is 0 Å². The van der Waals surface area contributed by atoms with Crippen LogP contribution >= 0.6 is 0 Å². The fourth-order valence-electron chi connectivity index (χ4n) is 7.26. The SMILES string of the molecule is c1ccc(-c2cccc(-n3c(-c4ccccc4)nc4c5c(ccc6cc(-c7nc(-c8ccccc8)nc(-c8ccccc8)n7)ccc65)ccc43)c2)cc1. The van der Waals surface area contributed by atoms with Gasteiger partial charge in [0.25, 0.3) is 0 Å². The Labute approximate surface area is 306 Å². The first-order chi connectivity index (χ1) is 26.3. The first-order valence-electron chi connectivity index (χ1n) is 17.7. The lowest BCUT2D eigenvalue weighted by molar-refractivity contribution is 1.07. The molecule has 0 spiro atoms. The third-order valence-corrected chi connectivity index (χ3v) is 9.82. The summed E-state index contributed by atoms with van der Waals surface area (Å²) in [5.74, 6) is 2.82. The van der Waals surface area contributed by atoms with E-state index in [2.05, 4.69) is 126 Å². The molecule has 53 heavy (non-hydrogen) atoms. The van der Waals surface area contributed by atoms with Gasteiger partial charge in [-0.2, -0.15) is 0 Å². The van der Waals surface area contributed by atoms with Crippen molar-refractivity contribution in [3.63, 3.8) is 0 Å². The summed E-state index contributed by atoms with van der Waals surface area (Å²) in [6.07, 6.45) is 0. The average Bonchev–Trinajstić information content (AvgIpc) is 3.64. The number of aromatic nitrogens is 5. The van der Waals surface area contributed by atoms with Gasteiger partial charge >= 0.3 is 0 Å². The van der Waals surface area contributed by atoms with Gasteiger partial charge in [0.1, 0.15) is 5.82 Å². The Morgan fingerprint density at radius 3 is 1.51 bits per heavy atom. The van der Waals surface area contributed by atoms with Crippen LogP contribution in [0.2, 0.25) is 0 Å². The molecule has 0 unspecified atom stereocenters. The van der Waals surface area contributed by atoms with Gasteiger partial charge in [-0.25, -0.2) is 19.9 Å². The maximum absolute atomic E-state index is 5.44. The van der Waals surface area contributed by atoms with Crippen molar-refractivity contribution in [1.82, 2.24) is 24.5 Å². The molecule has 0 aliphatic carbocycles. The molecule has 0 atom stereocenters. The summed E-state index contributed by atoms with van der Waals surface area (Å²) in [6.45, 7) is 0. The molecule has 8 aromatic carbocycles. The molecule has 5 heteroatoms. The Morgan fingerprint density at radius 1 is 0.340 bits per heavy atom. The van der Waals surface area contributed by atoms with Crippen molar-refractivity contribution in [2.75, 3.05) is 0 Å². The van der Waals surface area contributed by atoms with Crippen LogP contribution in [0.3, 0.4) is 0 Å². The van der Waals surface area contributed by atoms with Crippen molar-refractivity contribution in [2.45, 2.75) is 0 Å². The second-order valence-corrected chi connectivity index (χ2v) is 13.1. The highest BCUT2D eigenvalue weighted by Crippen LogP contribution is 2.38. The zero-order valence-electron chi connectivity index (χ0n) is 28.6. The zero-order valence-corrected chi connectivity index (χ0v) is 28.6. The van der Waals surface area contributed by atoms with Crippen molar-refractivity contribution in [1.29, 1.82) is 0 Å². The first kappa shape index (κ1) is 30.6. The minimum absolute atomic E-state index is 0.631. The normalized spacial score (nSPS) is 11.4. The van der Waals surface area contributed by atoms with Gasteiger partial charge in [-0.15, -0.1) is 0 Å². The molecule has 0 aliphatic rings. The Morgan fingerprint density at radius 2 is 0.868 bits per heavy atom. The summed E-state index contributed by atoms with van der Waals surface area (Å²) in [7, 11) is 0. The van der Waals surface area contributed by atoms with E-state index in [1.807, 2.05) is 66.7 Å². The molecule has 0 amide bonds. The van der Waals surface area contributed by atoms with Crippen molar-refractivity contribution in [3.8, 4) is 62.4 Å². The van der Waals surface area contributed by atoms with Crippen LogP contribution in [0.15, 0.2) is 188 Å². The van der Waals surface area contributed by atoms with E-state index >= 15 is 0 Å². The molecule has 5 nitrogen and oxygen atoms in total. The van der Waals surface area contributed by atoms with E-state index < -0.39 is 0 Å². The first-order valence-corrected chi connectivity index (χ1v) is 17.7.